The number of halogens is 1. The van der Waals surface area contributed by atoms with Gasteiger partial charge in [-0.15, -0.1) is 0 Å². The maximum atomic E-state index is 12.5. The molecular formula is C20H22BrNO5. The molecule has 0 radical (unpaired) electrons. The van der Waals surface area contributed by atoms with Crippen LogP contribution in [0.4, 0.5) is 0 Å². The molecule has 7 heteroatoms. The lowest BCUT2D eigenvalue weighted by molar-refractivity contribution is 0.0600. The highest BCUT2D eigenvalue weighted by atomic mass is 79.9. The number of benzene rings is 2. The molecule has 0 saturated carbocycles. The fourth-order valence-corrected chi connectivity index (χ4v) is 2.91. The third-order valence-electron chi connectivity index (χ3n) is 3.77. The third-order valence-corrected chi connectivity index (χ3v) is 4.36. The number of carbonyl (C=O) groups excluding carboxylic acids is 2. The van der Waals surface area contributed by atoms with Gasteiger partial charge in [-0.25, -0.2) is 4.79 Å². The summed E-state index contributed by atoms with van der Waals surface area (Å²) >= 11 is 3.43. The van der Waals surface area contributed by atoms with E-state index in [1.54, 1.807) is 36.4 Å². The predicted molar refractivity (Wildman–Crippen MR) is 105 cm³/mol. The highest BCUT2D eigenvalue weighted by Crippen LogP contribution is 2.36. The van der Waals surface area contributed by atoms with E-state index in [0.29, 0.717) is 40.3 Å². The van der Waals surface area contributed by atoms with E-state index in [2.05, 4.69) is 26.0 Å². The molecule has 0 spiro atoms. The number of methoxy groups -OCH3 is 2. The van der Waals surface area contributed by atoms with Gasteiger partial charge in [0.25, 0.3) is 5.91 Å². The van der Waals surface area contributed by atoms with Crippen molar-refractivity contribution < 1.29 is 23.8 Å². The van der Waals surface area contributed by atoms with Gasteiger partial charge in [-0.1, -0.05) is 19.1 Å². The molecular weight excluding hydrogens is 414 g/mol. The Hall–Kier alpha value is -2.54. The quantitative estimate of drug-likeness (QED) is 0.635. The molecule has 0 unspecified atom stereocenters. The zero-order valence-corrected chi connectivity index (χ0v) is 17.1. The zero-order chi connectivity index (χ0) is 19.8. The van der Waals surface area contributed by atoms with Crippen molar-refractivity contribution in [3.63, 3.8) is 0 Å². The average molecular weight is 436 g/mol. The maximum Gasteiger partial charge on any atom is 0.337 e. The highest BCUT2D eigenvalue weighted by Gasteiger charge is 2.15. The molecule has 0 aliphatic carbocycles. The second kappa shape index (κ2) is 9.97. The van der Waals surface area contributed by atoms with Crippen LogP contribution in [0.25, 0.3) is 0 Å². The van der Waals surface area contributed by atoms with Crippen LogP contribution in [-0.2, 0) is 11.3 Å². The van der Waals surface area contributed by atoms with E-state index in [-0.39, 0.29) is 5.91 Å². The maximum absolute atomic E-state index is 12.5. The number of esters is 1. The van der Waals surface area contributed by atoms with E-state index < -0.39 is 5.97 Å². The Bertz CT molecular complexity index is 805. The number of carbonyl (C=O) groups is 2. The lowest BCUT2D eigenvalue weighted by Gasteiger charge is -2.14. The normalized spacial score (nSPS) is 10.2. The second-order valence-electron chi connectivity index (χ2n) is 5.71. The predicted octanol–water partition coefficient (Wildman–Crippen LogP) is 3.96. The van der Waals surface area contributed by atoms with Crippen LogP contribution >= 0.6 is 15.9 Å². The topological polar surface area (TPSA) is 73.9 Å². The molecule has 27 heavy (non-hydrogen) atoms. The highest BCUT2D eigenvalue weighted by molar-refractivity contribution is 9.10. The molecule has 2 aromatic rings. The van der Waals surface area contributed by atoms with Crippen LogP contribution in [-0.4, -0.2) is 32.7 Å². The van der Waals surface area contributed by atoms with Crippen molar-refractivity contribution in [1.82, 2.24) is 5.32 Å². The molecule has 0 aliphatic rings. The second-order valence-corrected chi connectivity index (χ2v) is 6.56. The number of hydrogen-bond donors (Lipinski definition) is 1. The fourth-order valence-electron chi connectivity index (χ4n) is 2.36. The molecule has 0 saturated heterocycles. The molecule has 0 aliphatic heterocycles. The summed E-state index contributed by atoms with van der Waals surface area (Å²) in [6, 6.07) is 10.2. The SMILES string of the molecule is CCCOc1c(Br)cc(C(=O)NCc2ccc(C(=O)OC)cc2)cc1OC. The van der Waals surface area contributed by atoms with Crippen LogP contribution in [0.1, 0.15) is 39.6 Å². The lowest BCUT2D eigenvalue weighted by atomic mass is 10.1. The van der Waals surface area contributed by atoms with Crippen LogP contribution in [0, 0.1) is 0 Å². The van der Waals surface area contributed by atoms with E-state index in [1.165, 1.54) is 14.2 Å². The molecule has 0 aromatic heterocycles. The van der Waals surface area contributed by atoms with Gasteiger partial charge in [-0.3, -0.25) is 4.79 Å². The summed E-state index contributed by atoms with van der Waals surface area (Å²) in [5.41, 5.74) is 1.78. The molecule has 0 atom stereocenters. The molecule has 0 fully saturated rings. The smallest absolute Gasteiger partial charge is 0.337 e. The van der Waals surface area contributed by atoms with Gasteiger partial charge in [0.15, 0.2) is 11.5 Å². The van der Waals surface area contributed by atoms with Gasteiger partial charge < -0.3 is 19.5 Å². The van der Waals surface area contributed by atoms with Crippen LogP contribution < -0.4 is 14.8 Å². The first-order valence-electron chi connectivity index (χ1n) is 8.46. The summed E-state index contributed by atoms with van der Waals surface area (Å²) in [6.07, 6.45) is 0.868. The summed E-state index contributed by atoms with van der Waals surface area (Å²) in [6.45, 7) is 2.90. The van der Waals surface area contributed by atoms with Gasteiger partial charge in [0.1, 0.15) is 0 Å². The number of rotatable bonds is 8. The van der Waals surface area contributed by atoms with E-state index in [1.807, 2.05) is 6.92 Å². The van der Waals surface area contributed by atoms with Gasteiger partial charge in [0.2, 0.25) is 0 Å². The van der Waals surface area contributed by atoms with Crippen molar-refractivity contribution in [1.29, 1.82) is 0 Å². The van der Waals surface area contributed by atoms with Gasteiger partial charge in [-0.05, 0) is 52.2 Å². The number of hydrogen-bond acceptors (Lipinski definition) is 5. The Balaban J connectivity index is 2.07. The summed E-state index contributed by atoms with van der Waals surface area (Å²) in [7, 11) is 2.87. The first-order valence-corrected chi connectivity index (χ1v) is 9.25. The van der Waals surface area contributed by atoms with E-state index in [9.17, 15) is 9.59 Å². The Morgan fingerprint density at radius 2 is 1.78 bits per heavy atom. The molecule has 2 rings (SSSR count). The van der Waals surface area contributed by atoms with Crippen molar-refractivity contribution in [2.75, 3.05) is 20.8 Å². The standard InChI is InChI=1S/C20H22BrNO5/c1-4-9-27-18-16(21)10-15(11-17(18)25-2)19(23)22-12-13-5-7-14(8-6-13)20(24)26-3/h5-8,10-11H,4,9,12H2,1-3H3,(H,22,23). The Labute approximate surface area is 166 Å². The Morgan fingerprint density at radius 1 is 1.07 bits per heavy atom. The fraction of sp³-hybridized carbons (Fsp3) is 0.300. The summed E-state index contributed by atoms with van der Waals surface area (Å²) in [4.78, 5) is 23.9. The summed E-state index contributed by atoms with van der Waals surface area (Å²) in [5, 5.41) is 2.85. The summed E-state index contributed by atoms with van der Waals surface area (Å²) in [5.74, 6) is 0.431. The van der Waals surface area contributed by atoms with Crippen molar-refractivity contribution in [2.45, 2.75) is 19.9 Å². The Kier molecular flexibility index (Phi) is 7.67. The van der Waals surface area contributed by atoms with Gasteiger partial charge in [0.05, 0.1) is 30.9 Å². The van der Waals surface area contributed by atoms with E-state index in [4.69, 9.17) is 9.47 Å². The molecule has 0 heterocycles. The molecule has 1 N–H and O–H groups in total. The minimum absolute atomic E-state index is 0.243. The molecule has 2 aromatic carbocycles. The zero-order valence-electron chi connectivity index (χ0n) is 15.5. The van der Waals surface area contributed by atoms with Gasteiger partial charge >= 0.3 is 5.97 Å². The van der Waals surface area contributed by atoms with Crippen molar-refractivity contribution in [3.05, 3.63) is 57.6 Å². The largest absolute Gasteiger partial charge is 0.493 e. The molecule has 6 nitrogen and oxygen atoms in total. The van der Waals surface area contributed by atoms with Crippen molar-refractivity contribution >= 4 is 27.8 Å². The number of nitrogens with one attached hydrogen (secondary N) is 1. The van der Waals surface area contributed by atoms with Crippen LogP contribution in [0.5, 0.6) is 11.5 Å². The van der Waals surface area contributed by atoms with Gasteiger partial charge in [-0.2, -0.15) is 0 Å². The monoisotopic (exact) mass is 435 g/mol. The third kappa shape index (κ3) is 5.47. The first kappa shape index (κ1) is 20.8. The summed E-state index contributed by atoms with van der Waals surface area (Å²) < 4.78 is 16.3. The minimum Gasteiger partial charge on any atom is -0.493 e. The lowest BCUT2D eigenvalue weighted by Crippen LogP contribution is -2.23. The molecule has 144 valence electrons. The molecule has 0 bridgehead atoms. The Morgan fingerprint density at radius 3 is 2.37 bits per heavy atom. The first-order chi connectivity index (χ1) is 13.0. The average Bonchev–Trinajstić information content (AvgIpc) is 2.70. The van der Waals surface area contributed by atoms with Crippen LogP contribution in [0.15, 0.2) is 40.9 Å². The molecule has 1 amide bonds. The van der Waals surface area contributed by atoms with Crippen LogP contribution in [0.2, 0.25) is 0 Å². The minimum atomic E-state index is -0.395. The van der Waals surface area contributed by atoms with Crippen LogP contribution in [0.3, 0.4) is 0 Å². The van der Waals surface area contributed by atoms with E-state index in [0.717, 1.165) is 12.0 Å². The van der Waals surface area contributed by atoms with Crippen molar-refractivity contribution in [3.8, 4) is 11.5 Å². The van der Waals surface area contributed by atoms with Crippen molar-refractivity contribution in [2.24, 2.45) is 0 Å². The number of ether oxygens (including phenoxy) is 3. The van der Waals surface area contributed by atoms with Gasteiger partial charge in [0, 0.05) is 12.1 Å². The van der Waals surface area contributed by atoms with E-state index >= 15 is 0 Å². The number of amides is 1.